The van der Waals surface area contributed by atoms with Crippen LogP contribution in [0.2, 0.25) is 0 Å². The minimum absolute atomic E-state index is 0.381. The van der Waals surface area contributed by atoms with Gasteiger partial charge in [0.1, 0.15) is 0 Å². The SMILES string of the molecule is CC.Cc1ccc2c(c1C(=O)O)NCC=C2. The molecule has 3 heteroatoms. The first-order valence-corrected chi connectivity index (χ1v) is 5.47. The van der Waals surface area contributed by atoms with Gasteiger partial charge in [-0.25, -0.2) is 4.79 Å². The molecule has 0 saturated carbocycles. The number of anilines is 1. The maximum absolute atomic E-state index is 11.0. The van der Waals surface area contributed by atoms with Crippen LogP contribution in [0.25, 0.3) is 6.08 Å². The van der Waals surface area contributed by atoms with E-state index in [-0.39, 0.29) is 0 Å². The highest BCUT2D eigenvalue weighted by molar-refractivity contribution is 5.98. The molecule has 0 aromatic heterocycles. The minimum atomic E-state index is -0.873. The molecule has 0 atom stereocenters. The average molecular weight is 219 g/mol. The quantitative estimate of drug-likeness (QED) is 0.762. The van der Waals surface area contributed by atoms with Crippen molar-refractivity contribution in [1.29, 1.82) is 0 Å². The van der Waals surface area contributed by atoms with E-state index in [1.807, 2.05) is 45.1 Å². The van der Waals surface area contributed by atoms with Crippen LogP contribution in [0.3, 0.4) is 0 Å². The highest BCUT2D eigenvalue weighted by Crippen LogP contribution is 2.27. The van der Waals surface area contributed by atoms with Crippen LogP contribution in [-0.4, -0.2) is 17.6 Å². The first-order valence-electron chi connectivity index (χ1n) is 5.47. The van der Waals surface area contributed by atoms with E-state index in [0.29, 0.717) is 12.1 Å². The van der Waals surface area contributed by atoms with Crippen molar-refractivity contribution >= 4 is 17.7 Å². The monoisotopic (exact) mass is 219 g/mol. The molecule has 0 bridgehead atoms. The molecule has 1 aromatic carbocycles. The van der Waals surface area contributed by atoms with Gasteiger partial charge in [-0.2, -0.15) is 0 Å². The van der Waals surface area contributed by atoms with Crippen molar-refractivity contribution in [1.82, 2.24) is 0 Å². The molecular weight excluding hydrogens is 202 g/mol. The van der Waals surface area contributed by atoms with Crippen LogP contribution >= 0.6 is 0 Å². The molecule has 0 fully saturated rings. The largest absolute Gasteiger partial charge is 0.478 e. The van der Waals surface area contributed by atoms with Gasteiger partial charge in [0.15, 0.2) is 0 Å². The summed E-state index contributed by atoms with van der Waals surface area (Å²) in [5.41, 5.74) is 2.85. The zero-order valence-electron chi connectivity index (χ0n) is 9.87. The van der Waals surface area contributed by atoms with Crippen LogP contribution < -0.4 is 5.32 Å². The number of rotatable bonds is 1. The first kappa shape index (κ1) is 12.3. The minimum Gasteiger partial charge on any atom is -0.478 e. The molecule has 86 valence electrons. The number of hydrogen-bond donors (Lipinski definition) is 2. The Morgan fingerprint density at radius 2 is 2.06 bits per heavy atom. The maximum atomic E-state index is 11.0. The third kappa shape index (κ3) is 2.24. The third-order valence-electron chi connectivity index (χ3n) is 2.35. The van der Waals surface area contributed by atoms with Gasteiger partial charge in [0.25, 0.3) is 0 Å². The lowest BCUT2D eigenvalue weighted by atomic mass is 9.99. The van der Waals surface area contributed by atoms with Crippen molar-refractivity contribution in [3.8, 4) is 0 Å². The summed E-state index contributed by atoms with van der Waals surface area (Å²) in [6, 6.07) is 3.76. The summed E-state index contributed by atoms with van der Waals surface area (Å²) in [5.74, 6) is -0.873. The van der Waals surface area contributed by atoms with Crippen molar-refractivity contribution in [3.05, 3.63) is 34.9 Å². The van der Waals surface area contributed by atoms with Crippen molar-refractivity contribution in [2.75, 3.05) is 11.9 Å². The molecule has 1 aliphatic heterocycles. The second-order valence-electron chi connectivity index (χ2n) is 3.31. The number of nitrogens with one attached hydrogen (secondary N) is 1. The number of benzene rings is 1. The molecule has 16 heavy (non-hydrogen) atoms. The summed E-state index contributed by atoms with van der Waals surface area (Å²) in [6.45, 7) is 6.50. The number of aryl methyl sites for hydroxylation is 1. The van der Waals surface area contributed by atoms with Crippen LogP contribution in [0.4, 0.5) is 5.69 Å². The Morgan fingerprint density at radius 1 is 1.38 bits per heavy atom. The summed E-state index contributed by atoms with van der Waals surface area (Å²) in [6.07, 6.45) is 3.92. The fraction of sp³-hybridized carbons (Fsp3) is 0.308. The molecule has 2 N–H and O–H groups in total. The van der Waals surface area contributed by atoms with Gasteiger partial charge in [-0.15, -0.1) is 0 Å². The number of fused-ring (bicyclic) bond motifs is 1. The lowest BCUT2D eigenvalue weighted by molar-refractivity contribution is 0.0697. The van der Waals surface area contributed by atoms with Gasteiger partial charge >= 0.3 is 5.97 Å². The third-order valence-corrected chi connectivity index (χ3v) is 2.35. The number of carboxylic acids is 1. The summed E-state index contributed by atoms with van der Waals surface area (Å²) < 4.78 is 0. The number of hydrogen-bond acceptors (Lipinski definition) is 2. The molecular formula is C13H17NO2. The van der Waals surface area contributed by atoms with Gasteiger partial charge in [-0.05, 0) is 18.1 Å². The van der Waals surface area contributed by atoms with Crippen LogP contribution in [0, 0.1) is 6.92 Å². The van der Waals surface area contributed by atoms with Gasteiger partial charge in [0.05, 0.1) is 11.3 Å². The summed E-state index contributed by atoms with van der Waals surface area (Å²) in [7, 11) is 0. The Labute approximate surface area is 95.8 Å². The first-order chi connectivity index (χ1) is 7.70. The molecule has 3 nitrogen and oxygen atoms in total. The van der Waals surface area contributed by atoms with Crippen molar-refractivity contribution in [2.45, 2.75) is 20.8 Å². The summed E-state index contributed by atoms with van der Waals surface area (Å²) >= 11 is 0. The fourth-order valence-corrected chi connectivity index (χ4v) is 1.67. The van der Waals surface area contributed by atoms with E-state index >= 15 is 0 Å². The Kier molecular flexibility index (Phi) is 4.11. The average Bonchev–Trinajstić information content (AvgIpc) is 2.31. The second kappa shape index (κ2) is 5.35. The van der Waals surface area contributed by atoms with E-state index in [4.69, 9.17) is 5.11 Å². The van der Waals surface area contributed by atoms with E-state index in [1.165, 1.54) is 0 Å². The van der Waals surface area contributed by atoms with E-state index in [1.54, 1.807) is 0 Å². The highest BCUT2D eigenvalue weighted by atomic mass is 16.4. The molecule has 1 aromatic rings. The molecule has 1 heterocycles. The van der Waals surface area contributed by atoms with Crippen LogP contribution in [0.1, 0.15) is 35.3 Å². The second-order valence-corrected chi connectivity index (χ2v) is 3.31. The van der Waals surface area contributed by atoms with E-state index < -0.39 is 5.97 Å². The highest BCUT2D eigenvalue weighted by Gasteiger charge is 2.16. The molecule has 0 radical (unpaired) electrons. The van der Waals surface area contributed by atoms with Crippen LogP contribution in [-0.2, 0) is 0 Å². The number of aromatic carboxylic acids is 1. The Hall–Kier alpha value is -1.77. The zero-order chi connectivity index (χ0) is 12.1. The predicted octanol–water partition coefficient (Wildman–Crippen LogP) is 3.16. The molecule has 0 unspecified atom stereocenters. The Balaban J connectivity index is 0.000000606. The molecule has 0 saturated heterocycles. The smallest absolute Gasteiger partial charge is 0.338 e. The van der Waals surface area contributed by atoms with Gasteiger partial charge in [0, 0.05) is 6.54 Å². The molecule has 0 spiro atoms. The maximum Gasteiger partial charge on any atom is 0.338 e. The lowest BCUT2D eigenvalue weighted by Gasteiger charge is -2.16. The standard InChI is InChI=1S/C11H11NO2.C2H6/c1-7-4-5-8-3-2-6-12-10(8)9(7)11(13)14;1-2/h2-5,12H,6H2,1H3,(H,13,14);1-2H3. The van der Waals surface area contributed by atoms with E-state index in [0.717, 1.165) is 16.8 Å². The van der Waals surface area contributed by atoms with Gasteiger partial charge in [-0.3, -0.25) is 0 Å². The van der Waals surface area contributed by atoms with Crippen LogP contribution in [0.5, 0.6) is 0 Å². The van der Waals surface area contributed by atoms with E-state index in [9.17, 15) is 4.79 Å². The Bertz CT molecular complexity index is 422. The fourth-order valence-electron chi connectivity index (χ4n) is 1.67. The zero-order valence-corrected chi connectivity index (χ0v) is 9.87. The molecule has 0 amide bonds. The van der Waals surface area contributed by atoms with Gasteiger partial charge in [-0.1, -0.05) is 38.1 Å². The number of carbonyl (C=O) groups is 1. The molecule has 2 rings (SSSR count). The number of carboxylic acid groups (broad SMARTS) is 1. The van der Waals surface area contributed by atoms with E-state index in [2.05, 4.69) is 5.32 Å². The van der Waals surface area contributed by atoms with Crippen molar-refractivity contribution < 1.29 is 9.90 Å². The Morgan fingerprint density at radius 3 is 2.69 bits per heavy atom. The lowest BCUT2D eigenvalue weighted by Crippen LogP contribution is -2.12. The topological polar surface area (TPSA) is 49.3 Å². The van der Waals surface area contributed by atoms with Crippen LogP contribution in [0.15, 0.2) is 18.2 Å². The van der Waals surface area contributed by atoms with Gasteiger partial charge < -0.3 is 10.4 Å². The van der Waals surface area contributed by atoms with Gasteiger partial charge in [0.2, 0.25) is 0 Å². The predicted molar refractivity (Wildman–Crippen MR) is 67.0 cm³/mol. The summed E-state index contributed by atoms with van der Waals surface area (Å²) in [4.78, 5) is 11.0. The molecule has 0 aliphatic carbocycles. The van der Waals surface area contributed by atoms with Crippen molar-refractivity contribution in [3.63, 3.8) is 0 Å². The van der Waals surface area contributed by atoms with Crippen molar-refractivity contribution in [2.24, 2.45) is 0 Å². The summed E-state index contributed by atoms with van der Waals surface area (Å²) in [5, 5.41) is 12.1. The molecule has 1 aliphatic rings. The normalized spacial score (nSPS) is 11.9.